The van der Waals surface area contributed by atoms with Crippen molar-refractivity contribution in [2.75, 3.05) is 10.6 Å². The van der Waals surface area contributed by atoms with E-state index in [9.17, 15) is 14.9 Å². The zero-order chi connectivity index (χ0) is 22.1. The van der Waals surface area contributed by atoms with E-state index in [4.69, 9.17) is 0 Å². The van der Waals surface area contributed by atoms with E-state index >= 15 is 0 Å². The molecule has 0 fully saturated rings. The first-order chi connectivity index (χ1) is 15.6. The van der Waals surface area contributed by atoms with Gasteiger partial charge >= 0.3 is 0 Å². The molecule has 1 aromatic heterocycles. The van der Waals surface area contributed by atoms with Gasteiger partial charge in [-0.15, -0.1) is 0 Å². The first-order valence-electron chi connectivity index (χ1n) is 9.86. The first kappa shape index (κ1) is 19.3. The minimum Gasteiger partial charge on any atom is -0.354 e. The number of nitrogens with one attached hydrogen (secondary N) is 3. The van der Waals surface area contributed by atoms with Crippen LogP contribution >= 0.6 is 0 Å². The summed E-state index contributed by atoms with van der Waals surface area (Å²) in [4.78, 5) is 31.0. The minimum atomic E-state index is -0.468. The summed E-state index contributed by atoms with van der Waals surface area (Å²) in [6.07, 6.45) is 3.43. The van der Waals surface area contributed by atoms with E-state index in [2.05, 4.69) is 20.6 Å². The molecule has 3 N–H and O–H groups in total. The lowest BCUT2D eigenvalue weighted by Crippen LogP contribution is -2.10. The molecule has 8 heteroatoms. The van der Waals surface area contributed by atoms with Crippen molar-refractivity contribution in [2.45, 2.75) is 0 Å². The van der Waals surface area contributed by atoms with Crippen LogP contribution in [0.1, 0.15) is 11.1 Å². The number of nitrogens with zero attached hydrogens (tertiary/aromatic N) is 2. The number of amides is 1. The van der Waals surface area contributed by atoms with Crippen molar-refractivity contribution in [2.24, 2.45) is 0 Å². The van der Waals surface area contributed by atoms with Gasteiger partial charge in [-0.1, -0.05) is 42.5 Å². The molecule has 0 bridgehead atoms. The SMILES string of the molecule is O=C1Nc2ccc([N+](=O)[O-])cc2/C1=C(/Nc1ccc(-c2c[nH]cn2)cc1)c1ccccc1. The van der Waals surface area contributed by atoms with E-state index < -0.39 is 4.92 Å². The number of hydrogen-bond acceptors (Lipinski definition) is 5. The highest BCUT2D eigenvalue weighted by Crippen LogP contribution is 2.39. The topological polar surface area (TPSA) is 113 Å². The molecule has 0 radical (unpaired) electrons. The van der Waals surface area contributed by atoms with Crippen LogP contribution in [-0.4, -0.2) is 20.8 Å². The predicted octanol–water partition coefficient (Wildman–Crippen LogP) is 4.92. The summed E-state index contributed by atoms with van der Waals surface area (Å²) < 4.78 is 0. The number of non-ortho nitro benzene ring substituents is 1. The summed E-state index contributed by atoms with van der Waals surface area (Å²) >= 11 is 0. The second-order valence-corrected chi connectivity index (χ2v) is 7.21. The number of rotatable bonds is 5. The number of carbonyl (C=O) groups excluding carboxylic acids is 1. The maximum Gasteiger partial charge on any atom is 0.270 e. The number of anilines is 2. The maximum absolute atomic E-state index is 12.9. The van der Waals surface area contributed by atoms with E-state index in [1.165, 1.54) is 12.1 Å². The van der Waals surface area contributed by atoms with Crippen molar-refractivity contribution in [3.05, 3.63) is 107 Å². The predicted molar refractivity (Wildman–Crippen MR) is 123 cm³/mol. The summed E-state index contributed by atoms with van der Waals surface area (Å²) in [6.45, 7) is 0. The molecular weight excluding hydrogens is 406 g/mol. The summed E-state index contributed by atoms with van der Waals surface area (Å²) in [5.74, 6) is -0.319. The van der Waals surface area contributed by atoms with Crippen LogP contribution in [0.3, 0.4) is 0 Å². The molecule has 8 nitrogen and oxygen atoms in total. The van der Waals surface area contributed by atoms with Crippen LogP contribution in [0.25, 0.3) is 22.5 Å². The molecule has 3 aromatic carbocycles. The fourth-order valence-electron chi connectivity index (χ4n) is 3.69. The molecule has 32 heavy (non-hydrogen) atoms. The second-order valence-electron chi connectivity index (χ2n) is 7.21. The molecule has 5 rings (SSSR count). The number of benzene rings is 3. The van der Waals surface area contributed by atoms with Crippen LogP contribution < -0.4 is 10.6 Å². The van der Waals surface area contributed by atoms with Crippen LogP contribution in [0.5, 0.6) is 0 Å². The molecular formula is C24H17N5O3. The number of hydrogen-bond donors (Lipinski definition) is 3. The number of aromatic amines is 1. The summed E-state index contributed by atoms with van der Waals surface area (Å²) in [7, 11) is 0. The Morgan fingerprint density at radius 1 is 1.00 bits per heavy atom. The van der Waals surface area contributed by atoms with Crippen LogP contribution in [0, 0.1) is 10.1 Å². The van der Waals surface area contributed by atoms with E-state index in [0.717, 1.165) is 22.5 Å². The molecule has 0 saturated heterocycles. The average Bonchev–Trinajstić information content (AvgIpc) is 3.46. The molecule has 0 atom stereocenters. The second kappa shape index (κ2) is 7.84. The smallest absolute Gasteiger partial charge is 0.270 e. The zero-order valence-corrected chi connectivity index (χ0v) is 16.7. The van der Waals surface area contributed by atoms with Gasteiger partial charge in [-0.2, -0.15) is 0 Å². The van der Waals surface area contributed by atoms with Crippen molar-refractivity contribution < 1.29 is 9.72 Å². The molecule has 2 heterocycles. The molecule has 0 aliphatic carbocycles. The average molecular weight is 423 g/mol. The Kier molecular flexibility index (Phi) is 4.72. The quantitative estimate of drug-likeness (QED) is 0.240. The highest BCUT2D eigenvalue weighted by molar-refractivity contribution is 6.37. The van der Waals surface area contributed by atoms with Gasteiger partial charge in [0.1, 0.15) is 0 Å². The lowest BCUT2D eigenvalue weighted by Gasteiger charge is -2.15. The number of H-pyrrole nitrogens is 1. The Morgan fingerprint density at radius 3 is 2.47 bits per heavy atom. The largest absolute Gasteiger partial charge is 0.354 e. The van der Waals surface area contributed by atoms with Gasteiger partial charge in [-0.25, -0.2) is 4.98 Å². The van der Waals surface area contributed by atoms with Crippen molar-refractivity contribution in [3.63, 3.8) is 0 Å². The number of aromatic nitrogens is 2. The Hall–Kier alpha value is -4.72. The molecule has 1 aliphatic rings. The van der Waals surface area contributed by atoms with Crippen LogP contribution in [-0.2, 0) is 4.79 Å². The number of nitro groups is 1. The highest BCUT2D eigenvalue weighted by atomic mass is 16.6. The monoisotopic (exact) mass is 423 g/mol. The fourth-order valence-corrected chi connectivity index (χ4v) is 3.69. The maximum atomic E-state index is 12.9. The van der Waals surface area contributed by atoms with Crippen molar-refractivity contribution in [1.82, 2.24) is 9.97 Å². The minimum absolute atomic E-state index is 0.0754. The van der Waals surface area contributed by atoms with Crippen molar-refractivity contribution in [1.29, 1.82) is 0 Å². The molecule has 4 aromatic rings. The fraction of sp³-hybridized carbons (Fsp3) is 0. The van der Waals surface area contributed by atoms with Gasteiger partial charge in [0.15, 0.2) is 0 Å². The first-order valence-corrected chi connectivity index (χ1v) is 9.86. The van der Waals surface area contributed by atoms with Gasteiger partial charge in [-0.05, 0) is 23.8 Å². The third kappa shape index (κ3) is 3.50. The molecule has 0 saturated carbocycles. The van der Waals surface area contributed by atoms with Crippen LogP contribution in [0.2, 0.25) is 0 Å². The molecule has 0 spiro atoms. The number of carbonyl (C=O) groups is 1. The lowest BCUT2D eigenvalue weighted by molar-refractivity contribution is -0.384. The van der Waals surface area contributed by atoms with Crippen molar-refractivity contribution >= 4 is 34.2 Å². The summed E-state index contributed by atoms with van der Waals surface area (Å²) in [5, 5.41) is 17.5. The van der Waals surface area contributed by atoms with Crippen LogP contribution in [0.15, 0.2) is 85.3 Å². The molecule has 156 valence electrons. The molecule has 1 aliphatic heterocycles. The van der Waals surface area contributed by atoms with Crippen molar-refractivity contribution in [3.8, 4) is 11.3 Å². The highest BCUT2D eigenvalue weighted by Gasteiger charge is 2.30. The molecule has 0 unspecified atom stereocenters. The van der Waals surface area contributed by atoms with Gasteiger partial charge < -0.3 is 15.6 Å². The Balaban J connectivity index is 1.62. The Labute approximate surface area is 182 Å². The summed E-state index contributed by atoms with van der Waals surface area (Å²) in [6, 6.07) is 21.4. The van der Waals surface area contributed by atoms with Gasteiger partial charge in [0.2, 0.25) is 0 Å². The molecule has 1 amide bonds. The Morgan fingerprint density at radius 2 is 1.78 bits per heavy atom. The third-order valence-electron chi connectivity index (χ3n) is 5.22. The van der Waals surface area contributed by atoms with Gasteiger partial charge in [0.05, 0.1) is 28.2 Å². The van der Waals surface area contributed by atoms with E-state index in [0.29, 0.717) is 22.5 Å². The summed E-state index contributed by atoms with van der Waals surface area (Å²) in [5.41, 5.74) is 5.20. The van der Waals surface area contributed by atoms with E-state index in [1.807, 2.05) is 60.8 Å². The lowest BCUT2D eigenvalue weighted by atomic mass is 9.99. The van der Waals surface area contributed by atoms with Gasteiger partial charge in [0.25, 0.3) is 11.6 Å². The number of fused-ring (bicyclic) bond motifs is 1. The Bertz CT molecular complexity index is 1340. The van der Waals surface area contributed by atoms with Gasteiger partial charge in [-0.3, -0.25) is 14.9 Å². The normalized spacial score (nSPS) is 13.9. The van der Waals surface area contributed by atoms with Crippen LogP contribution in [0.4, 0.5) is 17.1 Å². The van der Waals surface area contributed by atoms with E-state index in [1.54, 1.807) is 12.4 Å². The zero-order valence-electron chi connectivity index (χ0n) is 16.7. The number of imidazole rings is 1. The number of nitro benzene ring substituents is 1. The standard InChI is InChI=1S/C24H17N5O3/c30-24-22(19-12-18(29(31)32)10-11-20(19)28-24)23(16-4-2-1-3-5-16)27-17-8-6-15(7-9-17)21-13-25-14-26-21/h1-14,27H,(H,25,26)(H,28,30)/b23-22-. The van der Waals surface area contributed by atoms with Gasteiger partial charge in [0, 0.05) is 40.8 Å². The van der Waals surface area contributed by atoms with E-state index in [-0.39, 0.29) is 11.6 Å². The third-order valence-corrected chi connectivity index (χ3v) is 5.22.